The lowest BCUT2D eigenvalue weighted by Gasteiger charge is -2.07. The van der Waals surface area contributed by atoms with Crippen molar-refractivity contribution >= 4 is 48.2 Å². The van der Waals surface area contributed by atoms with Crippen LogP contribution in [0.2, 0.25) is 0 Å². The van der Waals surface area contributed by atoms with Crippen LogP contribution in [0.4, 0.5) is 10.9 Å². The molecule has 0 aliphatic carbocycles. The van der Waals surface area contributed by atoms with E-state index in [1.165, 1.54) is 0 Å². The van der Waals surface area contributed by atoms with Gasteiger partial charge < -0.3 is 5.73 Å². The van der Waals surface area contributed by atoms with Crippen LogP contribution in [0.3, 0.4) is 0 Å². The fraction of sp³-hybridized carbons (Fsp3) is 0.200. The highest BCUT2D eigenvalue weighted by Crippen LogP contribution is 2.27. The molecule has 0 aromatic carbocycles. The number of pyridine rings is 1. The highest BCUT2D eigenvalue weighted by atomic mass is 79.9. The Morgan fingerprint density at radius 2 is 2.11 bits per heavy atom. The largest absolute Gasteiger partial charge is 0.375 e. The number of anilines is 2. The van der Waals surface area contributed by atoms with Crippen LogP contribution >= 0.6 is 27.3 Å². The van der Waals surface area contributed by atoms with Crippen molar-refractivity contribution in [3.05, 3.63) is 28.0 Å². The summed E-state index contributed by atoms with van der Waals surface area (Å²) in [4.78, 5) is 7.90. The van der Waals surface area contributed by atoms with E-state index in [2.05, 4.69) is 30.6 Å². The maximum atomic E-state index is 12.2. The van der Waals surface area contributed by atoms with Crippen LogP contribution in [0, 0.1) is 13.8 Å². The molecule has 102 valence electrons. The monoisotopic (exact) mass is 362 g/mol. The minimum absolute atomic E-state index is 0.104. The van der Waals surface area contributed by atoms with Crippen molar-refractivity contribution in [1.29, 1.82) is 0 Å². The first kappa shape index (κ1) is 14.2. The molecule has 6 nitrogen and oxygen atoms in total. The third kappa shape index (κ3) is 3.04. The van der Waals surface area contributed by atoms with E-state index in [9.17, 15) is 8.42 Å². The molecule has 0 radical (unpaired) electrons. The van der Waals surface area contributed by atoms with Gasteiger partial charge in [-0.1, -0.05) is 11.3 Å². The van der Waals surface area contributed by atoms with E-state index in [-0.39, 0.29) is 15.2 Å². The number of aryl methyl sites for hydroxylation is 2. The fourth-order valence-corrected chi connectivity index (χ4v) is 3.95. The van der Waals surface area contributed by atoms with Crippen LogP contribution in [0.5, 0.6) is 0 Å². The Morgan fingerprint density at radius 3 is 2.63 bits per heavy atom. The van der Waals surface area contributed by atoms with E-state index in [0.29, 0.717) is 5.69 Å². The van der Waals surface area contributed by atoms with Crippen molar-refractivity contribution in [2.75, 3.05) is 10.5 Å². The van der Waals surface area contributed by atoms with Gasteiger partial charge in [-0.15, -0.1) is 0 Å². The number of nitrogens with one attached hydrogen (secondary N) is 1. The summed E-state index contributed by atoms with van der Waals surface area (Å²) >= 11 is 4.23. The van der Waals surface area contributed by atoms with Crippen molar-refractivity contribution < 1.29 is 8.42 Å². The molecule has 0 spiro atoms. The van der Waals surface area contributed by atoms with Gasteiger partial charge >= 0.3 is 0 Å². The Labute approximate surface area is 123 Å². The van der Waals surface area contributed by atoms with Gasteiger partial charge in [0.1, 0.15) is 5.82 Å². The van der Waals surface area contributed by atoms with Crippen molar-refractivity contribution in [2.45, 2.75) is 18.1 Å². The average Bonchev–Trinajstić information content (AvgIpc) is 2.63. The minimum Gasteiger partial charge on any atom is -0.375 e. The molecule has 0 bridgehead atoms. The third-order valence-electron chi connectivity index (χ3n) is 2.30. The Balaban J connectivity index is 2.36. The molecule has 9 heteroatoms. The topological polar surface area (TPSA) is 98.0 Å². The number of halogens is 1. The number of nitrogen functional groups attached to an aromatic ring is 1. The average molecular weight is 363 g/mol. The smallest absolute Gasteiger partial charge is 0.274 e. The molecule has 0 saturated carbocycles. The second-order valence-corrected chi connectivity index (χ2v) is 7.61. The molecule has 0 aliphatic rings. The van der Waals surface area contributed by atoms with Crippen LogP contribution in [0.15, 0.2) is 20.9 Å². The first-order chi connectivity index (χ1) is 8.79. The summed E-state index contributed by atoms with van der Waals surface area (Å²) in [5.74, 6) is 0.257. The zero-order valence-electron chi connectivity index (χ0n) is 10.1. The second kappa shape index (κ2) is 5.06. The number of nitrogens with two attached hydrogens (primary N) is 1. The molecule has 2 aromatic heterocycles. The van der Waals surface area contributed by atoms with Crippen molar-refractivity contribution in [3.8, 4) is 0 Å². The van der Waals surface area contributed by atoms with Gasteiger partial charge in [-0.05, 0) is 41.4 Å². The van der Waals surface area contributed by atoms with E-state index < -0.39 is 10.0 Å². The molecule has 0 fully saturated rings. The maximum absolute atomic E-state index is 12.2. The summed E-state index contributed by atoms with van der Waals surface area (Å²) in [5.41, 5.74) is 6.77. The van der Waals surface area contributed by atoms with Gasteiger partial charge in [0.15, 0.2) is 9.34 Å². The highest BCUT2D eigenvalue weighted by Gasteiger charge is 2.21. The summed E-state index contributed by atoms with van der Waals surface area (Å²) in [6, 6.07) is 1.64. The summed E-state index contributed by atoms with van der Waals surface area (Å²) in [5, 5.41) is 0.220. The Bertz CT molecular complexity index is 727. The minimum atomic E-state index is -3.70. The molecular weight excluding hydrogens is 352 g/mol. The van der Waals surface area contributed by atoms with E-state index in [0.717, 1.165) is 21.4 Å². The van der Waals surface area contributed by atoms with Crippen LogP contribution in [0.1, 0.15) is 11.3 Å². The molecule has 2 aromatic rings. The Morgan fingerprint density at radius 1 is 1.42 bits per heavy atom. The van der Waals surface area contributed by atoms with Gasteiger partial charge in [-0.3, -0.25) is 4.72 Å². The van der Waals surface area contributed by atoms with Crippen LogP contribution in [-0.2, 0) is 10.0 Å². The summed E-state index contributed by atoms with van der Waals surface area (Å²) in [6.45, 7) is 3.45. The quantitative estimate of drug-likeness (QED) is 0.872. The molecule has 0 amide bonds. The summed E-state index contributed by atoms with van der Waals surface area (Å²) in [7, 11) is -3.70. The lowest BCUT2D eigenvalue weighted by molar-refractivity contribution is 0.602. The zero-order valence-corrected chi connectivity index (χ0v) is 13.4. The lowest BCUT2D eigenvalue weighted by atomic mass is 10.3. The normalized spacial score (nSPS) is 11.5. The predicted molar refractivity (Wildman–Crippen MR) is 78.7 cm³/mol. The predicted octanol–water partition coefficient (Wildman–Crippen LogP) is 2.30. The molecule has 19 heavy (non-hydrogen) atoms. The first-order valence-electron chi connectivity index (χ1n) is 5.17. The Hall–Kier alpha value is -1.19. The molecule has 0 unspecified atom stereocenters. The molecule has 0 aliphatic heterocycles. The summed E-state index contributed by atoms with van der Waals surface area (Å²) < 4.78 is 27.7. The lowest BCUT2D eigenvalue weighted by Crippen LogP contribution is -2.13. The van der Waals surface area contributed by atoms with Crippen molar-refractivity contribution in [2.24, 2.45) is 0 Å². The van der Waals surface area contributed by atoms with Gasteiger partial charge in [0.05, 0.1) is 5.69 Å². The standard InChI is InChI=1S/C10H11BrN4O2S2/c1-5-3-8(13-4-7(5)11)15-19(16,17)9-6(2)14-10(12)18-9/h3-4H,1-2H3,(H2,12,14)(H,13,15). The fourth-order valence-electron chi connectivity index (χ4n) is 1.43. The van der Waals surface area contributed by atoms with Gasteiger partial charge in [0, 0.05) is 10.7 Å². The number of nitrogens with zero attached hydrogens (tertiary/aromatic N) is 2. The van der Waals surface area contributed by atoms with Gasteiger partial charge in [-0.25, -0.2) is 18.4 Å². The summed E-state index contributed by atoms with van der Waals surface area (Å²) in [6.07, 6.45) is 1.54. The van der Waals surface area contributed by atoms with Crippen molar-refractivity contribution in [3.63, 3.8) is 0 Å². The Kier molecular flexibility index (Phi) is 3.79. The van der Waals surface area contributed by atoms with E-state index in [4.69, 9.17) is 5.73 Å². The zero-order chi connectivity index (χ0) is 14.2. The molecule has 2 rings (SSSR count). The number of hydrogen-bond acceptors (Lipinski definition) is 6. The maximum Gasteiger partial charge on any atom is 0.274 e. The first-order valence-corrected chi connectivity index (χ1v) is 8.27. The van der Waals surface area contributed by atoms with Crippen LogP contribution < -0.4 is 10.5 Å². The second-order valence-electron chi connectivity index (χ2n) is 3.85. The third-order valence-corrected chi connectivity index (χ3v) is 6.08. The number of aromatic nitrogens is 2. The van der Waals surface area contributed by atoms with Gasteiger partial charge in [-0.2, -0.15) is 0 Å². The molecule has 0 saturated heterocycles. The highest BCUT2D eigenvalue weighted by molar-refractivity contribution is 9.10. The molecule has 2 heterocycles. The number of sulfonamides is 1. The van der Waals surface area contributed by atoms with Crippen LogP contribution in [0.25, 0.3) is 0 Å². The van der Waals surface area contributed by atoms with Gasteiger partial charge in [0.25, 0.3) is 10.0 Å². The van der Waals surface area contributed by atoms with Crippen LogP contribution in [-0.4, -0.2) is 18.4 Å². The van der Waals surface area contributed by atoms with Crippen molar-refractivity contribution in [1.82, 2.24) is 9.97 Å². The number of rotatable bonds is 3. The van der Waals surface area contributed by atoms with E-state index >= 15 is 0 Å². The van der Waals surface area contributed by atoms with E-state index in [1.807, 2.05) is 6.92 Å². The SMILES string of the molecule is Cc1cc(NS(=O)(=O)c2sc(N)nc2C)ncc1Br. The van der Waals surface area contributed by atoms with E-state index in [1.54, 1.807) is 19.2 Å². The molecule has 0 atom stereocenters. The molecule has 3 N–H and O–H groups in total. The number of thiazole rings is 1. The van der Waals surface area contributed by atoms with Gasteiger partial charge in [0.2, 0.25) is 0 Å². The molecular formula is C10H11BrN4O2S2. The number of hydrogen-bond donors (Lipinski definition) is 2.